The Morgan fingerprint density at radius 1 is 1.04 bits per heavy atom. The predicted molar refractivity (Wildman–Crippen MR) is 98.3 cm³/mol. The van der Waals surface area contributed by atoms with E-state index >= 15 is 0 Å². The van der Waals surface area contributed by atoms with Crippen LogP contribution in [0, 0.1) is 0 Å². The van der Waals surface area contributed by atoms with Crippen molar-refractivity contribution >= 4 is 17.3 Å². The number of carbonyl (C=O) groups excluding carboxylic acids is 1. The molecule has 1 aliphatic rings. The van der Waals surface area contributed by atoms with Gasteiger partial charge in [-0.3, -0.25) is 4.79 Å². The quantitative estimate of drug-likeness (QED) is 0.906. The lowest BCUT2D eigenvalue weighted by Gasteiger charge is -2.35. The molecule has 1 amide bonds. The molecule has 0 saturated carbocycles. The summed E-state index contributed by atoms with van der Waals surface area (Å²) in [5.74, 6) is 0.676. The molecule has 5 nitrogen and oxygen atoms in total. The second-order valence-electron chi connectivity index (χ2n) is 6.36. The molecular weight excluding hydrogens is 316 g/mol. The Kier molecular flexibility index (Phi) is 5.56. The predicted octanol–water partition coefficient (Wildman–Crippen LogP) is 3.44. The van der Waals surface area contributed by atoms with E-state index in [1.54, 1.807) is 0 Å². The smallest absolute Gasteiger partial charge is 0.260 e. The topological polar surface area (TPSA) is 50.8 Å². The van der Waals surface area contributed by atoms with Crippen molar-refractivity contribution in [1.82, 2.24) is 4.90 Å². The standard InChI is InChI=1S/C20H24N2O3/c1-15-12-22(13-16(2)25-15)20(23)14-24-19-10-8-18(9-11-19)21-17-6-4-3-5-7-17/h3-11,15-16,21H,12-14H2,1-2H3. The van der Waals surface area contributed by atoms with Crippen molar-refractivity contribution in [3.63, 3.8) is 0 Å². The lowest BCUT2D eigenvalue weighted by Crippen LogP contribution is -2.49. The molecule has 0 bridgehead atoms. The zero-order valence-electron chi connectivity index (χ0n) is 14.6. The van der Waals surface area contributed by atoms with Crippen molar-refractivity contribution in [2.45, 2.75) is 26.1 Å². The summed E-state index contributed by atoms with van der Waals surface area (Å²) in [4.78, 5) is 14.1. The minimum atomic E-state index is -0.00603. The van der Waals surface area contributed by atoms with Crippen molar-refractivity contribution < 1.29 is 14.3 Å². The van der Waals surface area contributed by atoms with Crippen LogP contribution in [0.15, 0.2) is 54.6 Å². The number of amides is 1. The van der Waals surface area contributed by atoms with Crippen molar-refractivity contribution in [2.24, 2.45) is 0 Å². The van der Waals surface area contributed by atoms with Crippen LogP contribution >= 0.6 is 0 Å². The molecule has 5 heteroatoms. The summed E-state index contributed by atoms with van der Waals surface area (Å²) in [6.07, 6.45) is 0.132. The van der Waals surface area contributed by atoms with E-state index in [4.69, 9.17) is 9.47 Å². The van der Waals surface area contributed by atoms with Gasteiger partial charge in [-0.25, -0.2) is 0 Å². The molecule has 25 heavy (non-hydrogen) atoms. The van der Waals surface area contributed by atoms with Gasteiger partial charge >= 0.3 is 0 Å². The maximum Gasteiger partial charge on any atom is 0.260 e. The number of para-hydroxylation sites is 1. The highest BCUT2D eigenvalue weighted by molar-refractivity contribution is 5.78. The fourth-order valence-corrected chi connectivity index (χ4v) is 2.94. The van der Waals surface area contributed by atoms with Gasteiger partial charge in [-0.15, -0.1) is 0 Å². The first-order chi connectivity index (χ1) is 12.1. The Morgan fingerprint density at radius 3 is 2.28 bits per heavy atom. The first-order valence-electron chi connectivity index (χ1n) is 8.58. The number of morpholine rings is 1. The summed E-state index contributed by atoms with van der Waals surface area (Å²) in [5.41, 5.74) is 2.00. The number of carbonyl (C=O) groups is 1. The normalized spacial score (nSPS) is 20.2. The number of anilines is 2. The molecule has 1 N–H and O–H groups in total. The second-order valence-corrected chi connectivity index (χ2v) is 6.36. The van der Waals surface area contributed by atoms with Crippen LogP contribution in [-0.2, 0) is 9.53 Å². The number of nitrogens with zero attached hydrogens (tertiary/aromatic N) is 1. The van der Waals surface area contributed by atoms with Crippen LogP contribution in [0.1, 0.15) is 13.8 Å². The van der Waals surface area contributed by atoms with E-state index in [0.29, 0.717) is 18.8 Å². The first kappa shape index (κ1) is 17.3. The van der Waals surface area contributed by atoms with Gasteiger partial charge in [0.25, 0.3) is 5.91 Å². The third-order valence-corrected chi connectivity index (χ3v) is 4.05. The molecule has 2 atom stereocenters. The monoisotopic (exact) mass is 340 g/mol. The number of ether oxygens (including phenoxy) is 2. The Morgan fingerprint density at radius 2 is 1.64 bits per heavy atom. The minimum absolute atomic E-state index is 0.00603. The van der Waals surface area contributed by atoms with Crippen molar-refractivity contribution in [3.05, 3.63) is 54.6 Å². The molecule has 0 spiro atoms. The third-order valence-electron chi connectivity index (χ3n) is 4.05. The second kappa shape index (κ2) is 8.03. The summed E-state index contributed by atoms with van der Waals surface area (Å²) in [6.45, 7) is 5.24. The van der Waals surface area contributed by atoms with Gasteiger partial charge in [0.15, 0.2) is 6.61 Å². The van der Waals surface area contributed by atoms with E-state index in [2.05, 4.69) is 5.32 Å². The van der Waals surface area contributed by atoms with E-state index < -0.39 is 0 Å². The molecule has 1 aliphatic heterocycles. The molecule has 1 saturated heterocycles. The Hall–Kier alpha value is -2.53. The Balaban J connectivity index is 1.51. The highest BCUT2D eigenvalue weighted by Gasteiger charge is 2.25. The number of nitrogens with one attached hydrogen (secondary N) is 1. The zero-order chi connectivity index (χ0) is 17.6. The molecule has 0 aromatic heterocycles. The fourth-order valence-electron chi connectivity index (χ4n) is 2.94. The molecule has 2 aromatic rings. The van der Waals surface area contributed by atoms with E-state index in [0.717, 1.165) is 11.4 Å². The third kappa shape index (κ3) is 4.97. The summed E-state index contributed by atoms with van der Waals surface area (Å²) in [6, 6.07) is 17.6. The molecule has 0 aliphatic carbocycles. The van der Waals surface area contributed by atoms with Gasteiger partial charge in [0, 0.05) is 24.5 Å². The molecule has 2 unspecified atom stereocenters. The van der Waals surface area contributed by atoms with Crippen molar-refractivity contribution in [1.29, 1.82) is 0 Å². The van der Waals surface area contributed by atoms with Crippen LogP contribution in [0.4, 0.5) is 11.4 Å². The molecule has 132 valence electrons. The molecular formula is C20H24N2O3. The Labute approximate surface area is 148 Å². The van der Waals surface area contributed by atoms with Crippen LogP contribution < -0.4 is 10.1 Å². The lowest BCUT2D eigenvalue weighted by atomic mass is 10.2. The largest absolute Gasteiger partial charge is 0.484 e. The summed E-state index contributed by atoms with van der Waals surface area (Å²) in [7, 11) is 0. The van der Waals surface area contributed by atoms with Gasteiger partial charge < -0.3 is 19.7 Å². The van der Waals surface area contributed by atoms with Crippen LogP contribution in [0.2, 0.25) is 0 Å². The molecule has 3 rings (SSSR count). The van der Waals surface area contributed by atoms with E-state index in [9.17, 15) is 4.79 Å². The van der Waals surface area contributed by atoms with Crippen molar-refractivity contribution in [2.75, 3.05) is 25.0 Å². The maximum absolute atomic E-state index is 12.3. The van der Waals surface area contributed by atoms with Crippen LogP contribution in [0.3, 0.4) is 0 Å². The van der Waals surface area contributed by atoms with E-state index in [1.165, 1.54) is 0 Å². The van der Waals surface area contributed by atoms with Gasteiger partial charge in [0.05, 0.1) is 12.2 Å². The average Bonchev–Trinajstić information content (AvgIpc) is 2.61. The molecule has 0 radical (unpaired) electrons. The molecule has 1 heterocycles. The number of benzene rings is 2. The first-order valence-corrected chi connectivity index (χ1v) is 8.58. The lowest BCUT2D eigenvalue weighted by molar-refractivity contribution is -0.145. The SMILES string of the molecule is CC1CN(C(=O)COc2ccc(Nc3ccccc3)cc2)CC(C)O1. The number of rotatable bonds is 5. The van der Waals surface area contributed by atoms with Gasteiger partial charge in [0.2, 0.25) is 0 Å². The summed E-state index contributed by atoms with van der Waals surface area (Å²) in [5, 5.41) is 3.31. The van der Waals surface area contributed by atoms with Gasteiger partial charge in [-0.2, -0.15) is 0 Å². The number of hydrogen-bond donors (Lipinski definition) is 1. The van der Waals surface area contributed by atoms with Crippen LogP contribution in [0.25, 0.3) is 0 Å². The summed E-state index contributed by atoms with van der Waals surface area (Å²) < 4.78 is 11.3. The number of hydrogen-bond acceptors (Lipinski definition) is 4. The van der Waals surface area contributed by atoms with Crippen LogP contribution in [0.5, 0.6) is 5.75 Å². The Bertz CT molecular complexity index is 678. The highest BCUT2D eigenvalue weighted by Crippen LogP contribution is 2.20. The van der Waals surface area contributed by atoms with Crippen molar-refractivity contribution in [3.8, 4) is 5.75 Å². The average molecular weight is 340 g/mol. The highest BCUT2D eigenvalue weighted by atomic mass is 16.5. The van der Waals surface area contributed by atoms with Gasteiger partial charge in [-0.1, -0.05) is 18.2 Å². The van der Waals surface area contributed by atoms with E-state index in [-0.39, 0.29) is 24.7 Å². The van der Waals surface area contributed by atoms with E-state index in [1.807, 2.05) is 73.3 Å². The minimum Gasteiger partial charge on any atom is -0.484 e. The maximum atomic E-state index is 12.3. The zero-order valence-corrected chi connectivity index (χ0v) is 14.6. The van der Waals surface area contributed by atoms with Crippen LogP contribution in [-0.4, -0.2) is 42.7 Å². The molecule has 2 aromatic carbocycles. The summed E-state index contributed by atoms with van der Waals surface area (Å²) >= 11 is 0. The van der Waals surface area contributed by atoms with Gasteiger partial charge in [0.1, 0.15) is 5.75 Å². The van der Waals surface area contributed by atoms with Gasteiger partial charge in [-0.05, 0) is 50.2 Å². The fraction of sp³-hybridized carbons (Fsp3) is 0.350. The molecule has 1 fully saturated rings.